The minimum atomic E-state index is -0.123. The van der Waals surface area contributed by atoms with E-state index in [1.807, 2.05) is 45.9 Å². The number of aryl methyl sites for hydroxylation is 4. The first-order valence-electron chi connectivity index (χ1n) is 8.56. The topological polar surface area (TPSA) is 38.3 Å². The molecule has 1 atom stereocenters. The van der Waals surface area contributed by atoms with Crippen LogP contribution in [0.15, 0.2) is 36.4 Å². The summed E-state index contributed by atoms with van der Waals surface area (Å²) in [6.07, 6.45) is 0. The highest BCUT2D eigenvalue weighted by molar-refractivity contribution is 8.00. The molecule has 0 saturated heterocycles. The molecule has 4 heteroatoms. The Labute approximate surface area is 155 Å². The van der Waals surface area contributed by atoms with Crippen LogP contribution in [0.2, 0.25) is 0 Å². The number of rotatable bonds is 7. The smallest absolute Gasteiger partial charge is 0.237 e. The Bertz CT molecular complexity index is 743. The van der Waals surface area contributed by atoms with Gasteiger partial charge in [0.25, 0.3) is 0 Å². The molecule has 2 aromatic carbocycles. The highest BCUT2D eigenvalue weighted by Crippen LogP contribution is 2.21. The van der Waals surface area contributed by atoms with Crippen LogP contribution in [0.4, 0.5) is 5.69 Å². The first-order valence-corrected chi connectivity index (χ1v) is 9.61. The molecular formula is C21H27NO2S. The second kappa shape index (κ2) is 8.95. The molecule has 0 heterocycles. The van der Waals surface area contributed by atoms with Crippen LogP contribution in [0, 0.1) is 27.7 Å². The largest absolute Gasteiger partial charge is 0.492 e. The minimum absolute atomic E-state index is 0.0328. The van der Waals surface area contributed by atoms with E-state index in [1.165, 1.54) is 5.56 Å². The summed E-state index contributed by atoms with van der Waals surface area (Å²) >= 11 is 1.61. The molecule has 0 saturated carbocycles. The lowest BCUT2D eigenvalue weighted by Gasteiger charge is -2.15. The monoisotopic (exact) mass is 357 g/mol. The molecule has 0 aliphatic heterocycles. The van der Waals surface area contributed by atoms with Gasteiger partial charge in [0, 0.05) is 11.4 Å². The Kier molecular flexibility index (Phi) is 6.94. The third-order valence-corrected chi connectivity index (χ3v) is 5.19. The van der Waals surface area contributed by atoms with Crippen LogP contribution in [0.25, 0.3) is 0 Å². The SMILES string of the molecule is Cc1ccc(C)c(NC(=O)C(C)SCCOc2cc(C)ccc2C)c1. The Hall–Kier alpha value is -1.94. The summed E-state index contributed by atoms with van der Waals surface area (Å²) < 4.78 is 5.85. The van der Waals surface area contributed by atoms with Crippen LogP contribution in [-0.4, -0.2) is 23.5 Å². The van der Waals surface area contributed by atoms with Crippen molar-refractivity contribution in [1.82, 2.24) is 0 Å². The van der Waals surface area contributed by atoms with Gasteiger partial charge in [-0.25, -0.2) is 0 Å². The number of nitrogens with one attached hydrogen (secondary N) is 1. The van der Waals surface area contributed by atoms with Gasteiger partial charge in [-0.3, -0.25) is 4.79 Å². The van der Waals surface area contributed by atoms with Gasteiger partial charge in [-0.1, -0.05) is 24.3 Å². The molecule has 0 bridgehead atoms. The van der Waals surface area contributed by atoms with Gasteiger partial charge in [0.05, 0.1) is 11.9 Å². The Balaban J connectivity index is 1.79. The first-order chi connectivity index (χ1) is 11.9. The fourth-order valence-electron chi connectivity index (χ4n) is 2.42. The lowest BCUT2D eigenvalue weighted by molar-refractivity contribution is -0.115. The van der Waals surface area contributed by atoms with Gasteiger partial charge in [-0.15, -0.1) is 11.8 Å². The third kappa shape index (κ3) is 5.82. The van der Waals surface area contributed by atoms with E-state index in [1.54, 1.807) is 11.8 Å². The summed E-state index contributed by atoms with van der Waals surface area (Å²) in [6.45, 7) is 10.7. The summed E-state index contributed by atoms with van der Waals surface area (Å²) in [5, 5.41) is 2.90. The number of hydrogen-bond donors (Lipinski definition) is 1. The molecule has 3 nitrogen and oxygen atoms in total. The Morgan fingerprint density at radius 1 is 1.04 bits per heavy atom. The molecule has 0 aromatic heterocycles. The van der Waals surface area contributed by atoms with Gasteiger partial charge in [-0.2, -0.15) is 0 Å². The van der Waals surface area contributed by atoms with Crippen LogP contribution < -0.4 is 10.1 Å². The molecule has 0 aliphatic carbocycles. The second-order valence-electron chi connectivity index (χ2n) is 6.44. The lowest BCUT2D eigenvalue weighted by Crippen LogP contribution is -2.24. The summed E-state index contributed by atoms with van der Waals surface area (Å²) in [6, 6.07) is 12.3. The van der Waals surface area contributed by atoms with Gasteiger partial charge in [0.1, 0.15) is 5.75 Å². The van der Waals surface area contributed by atoms with E-state index in [4.69, 9.17) is 4.74 Å². The van der Waals surface area contributed by atoms with Gasteiger partial charge in [0.2, 0.25) is 5.91 Å². The maximum Gasteiger partial charge on any atom is 0.237 e. The number of benzene rings is 2. The van der Waals surface area contributed by atoms with Crippen molar-refractivity contribution in [2.75, 3.05) is 17.7 Å². The van der Waals surface area contributed by atoms with Crippen LogP contribution in [0.1, 0.15) is 29.2 Å². The third-order valence-electron chi connectivity index (χ3n) is 4.07. The van der Waals surface area contributed by atoms with Crippen molar-refractivity contribution >= 4 is 23.4 Å². The molecule has 1 unspecified atom stereocenters. The number of thioether (sulfide) groups is 1. The highest BCUT2D eigenvalue weighted by Gasteiger charge is 2.14. The van der Waals surface area contributed by atoms with Crippen LogP contribution in [-0.2, 0) is 4.79 Å². The number of carbonyl (C=O) groups is 1. The molecule has 1 N–H and O–H groups in total. The fourth-order valence-corrected chi connectivity index (χ4v) is 3.16. The molecule has 0 radical (unpaired) electrons. The zero-order chi connectivity index (χ0) is 18.4. The van der Waals surface area contributed by atoms with Crippen molar-refractivity contribution in [3.05, 3.63) is 58.7 Å². The van der Waals surface area contributed by atoms with Crippen molar-refractivity contribution in [3.8, 4) is 5.75 Å². The fraction of sp³-hybridized carbons (Fsp3) is 0.381. The van der Waals surface area contributed by atoms with E-state index in [2.05, 4.69) is 30.4 Å². The van der Waals surface area contributed by atoms with E-state index < -0.39 is 0 Å². The molecule has 0 aliphatic rings. The Morgan fingerprint density at radius 3 is 2.40 bits per heavy atom. The van der Waals surface area contributed by atoms with Crippen molar-refractivity contribution in [1.29, 1.82) is 0 Å². The average molecular weight is 358 g/mol. The van der Waals surface area contributed by atoms with Crippen molar-refractivity contribution in [2.45, 2.75) is 39.9 Å². The standard InChI is InChI=1S/C21H27NO2S/c1-14-6-8-16(3)19(12-14)22-21(23)18(5)25-11-10-24-20-13-15(2)7-9-17(20)4/h6-9,12-13,18H,10-11H2,1-5H3,(H,22,23). The molecular weight excluding hydrogens is 330 g/mol. The van der Waals surface area contributed by atoms with Crippen molar-refractivity contribution < 1.29 is 9.53 Å². The Morgan fingerprint density at radius 2 is 1.68 bits per heavy atom. The maximum absolute atomic E-state index is 12.4. The van der Waals surface area contributed by atoms with Crippen molar-refractivity contribution in [3.63, 3.8) is 0 Å². The number of hydrogen-bond acceptors (Lipinski definition) is 3. The van der Waals surface area contributed by atoms with Crippen LogP contribution in [0.5, 0.6) is 5.75 Å². The molecule has 25 heavy (non-hydrogen) atoms. The highest BCUT2D eigenvalue weighted by atomic mass is 32.2. The molecule has 1 amide bonds. The van der Waals surface area contributed by atoms with E-state index in [0.29, 0.717) is 6.61 Å². The summed E-state index contributed by atoms with van der Waals surface area (Å²) in [5.41, 5.74) is 5.44. The maximum atomic E-state index is 12.4. The van der Waals surface area contributed by atoms with E-state index in [9.17, 15) is 4.79 Å². The molecule has 134 valence electrons. The predicted octanol–water partition coefficient (Wildman–Crippen LogP) is 5.06. The summed E-state index contributed by atoms with van der Waals surface area (Å²) in [4.78, 5) is 12.4. The van der Waals surface area contributed by atoms with E-state index >= 15 is 0 Å². The lowest BCUT2D eigenvalue weighted by atomic mass is 10.1. The second-order valence-corrected chi connectivity index (χ2v) is 7.89. The number of amides is 1. The predicted molar refractivity (Wildman–Crippen MR) is 108 cm³/mol. The molecule has 2 rings (SSSR count). The zero-order valence-electron chi connectivity index (χ0n) is 15.7. The normalized spacial score (nSPS) is 11.9. The van der Waals surface area contributed by atoms with Crippen LogP contribution in [0.3, 0.4) is 0 Å². The average Bonchev–Trinajstić information content (AvgIpc) is 2.57. The van der Waals surface area contributed by atoms with Gasteiger partial charge in [-0.05, 0) is 69.0 Å². The van der Waals surface area contributed by atoms with Crippen LogP contribution >= 0.6 is 11.8 Å². The molecule has 0 fully saturated rings. The quantitative estimate of drug-likeness (QED) is 0.704. The van der Waals surface area contributed by atoms with Crippen molar-refractivity contribution in [2.24, 2.45) is 0 Å². The van der Waals surface area contributed by atoms with Gasteiger partial charge >= 0.3 is 0 Å². The molecule has 2 aromatic rings. The first kappa shape index (κ1) is 19.4. The van der Waals surface area contributed by atoms with Gasteiger partial charge < -0.3 is 10.1 Å². The summed E-state index contributed by atoms with van der Waals surface area (Å²) in [5.74, 6) is 1.73. The minimum Gasteiger partial charge on any atom is -0.492 e. The zero-order valence-corrected chi connectivity index (χ0v) is 16.5. The number of carbonyl (C=O) groups excluding carboxylic acids is 1. The van der Waals surface area contributed by atoms with E-state index in [0.717, 1.165) is 33.9 Å². The molecule has 0 spiro atoms. The number of ether oxygens (including phenoxy) is 1. The number of anilines is 1. The van der Waals surface area contributed by atoms with Gasteiger partial charge in [0.15, 0.2) is 0 Å². The van der Waals surface area contributed by atoms with E-state index in [-0.39, 0.29) is 11.2 Å². The summed E-state index contributed by atoms with van der Waals surface area (Å²) in [7, 11) is 0.